The Kier molecular flexibility index (Phi) is 4.10. The third-order valence-corrected chi connectivity index (χ3v) is 5.64. The van der Waals surface area contributed by atoms with Crippen molar-refractivity contribution in [3.05, 3.63) is 47.1 Å². The molecule has 1 saturated heterocycles. The summed E-state index contributed by atoms with van der Waals surface area (Å²) >= 11 is 1.75. The summed E-state index contributed by atoms with van der Waals surface area (Å²) < 4.78 is 0. The zero-order valence-corrected chi connectivity index (χ0v) is 15.0. The fourth-order valence-electron chi connectivity index (χ4n) is 3.47. The van der Waals surface area contributed by atoms with E-state index in [2.05, 4.69) is 63.3 Å². The van der Waals surface area contributed by atoms with Crippen LogP contribution in [0.1, 0.15) is 17.7 Å². The molecule has 1 aromatic carbocycles. The molecule has 1 fully saturated rings. The summed E-state index contributed by atoms with van der Waals surface area (Å²) in [6, 6.07) is 8.46. The molecular formula is C19H22N4S. The van der Waals surface area contributed by atoms with E-state index >= 15 is 0 Å². The number of anilines is 2. The zero-order valence-electron chi connectivity index (χ0n) is 14.2. The number of aryl methyl sites for hydroxylation is 2. The summed E-state index contributed by atoms with van der Waals surface area (Å²) in [6.07, 6.45) is 3.15. The fourth-order valence-corrected chi connectivity index (χ4v) is 4.32. The number of hydrogen-bond acceptors (Lipinski definition) is 5. The summed E-state index contributed by atoms with van der Waals surface area (Å²) in [5, 5.41) is 4.56. The van der Waals surface area contributed by atoms with Gasteiger partial charge < -0.3 is 9.80 Å². The van der Waals surface area contributed by atoms with Gasteiger partial charge in [0.25, 0.3) is 0 Å². The van der Waals surface area contributed by atoms with Crippen molar-refractivity contribution in [2.45, 2.75) is 20.3 Å². The second kappa shape index (κ2) is 6.40. The molecule has 5 heteroatoms. The Morgan fingerprint density at radius 2 is 1.79 bits per heavy atom. The third kappa shape index (κ3) is 2.84. The summed E-state index contributed by atoms with van der Waals surface area (Å²) in [5.74, 6) is 0. The van der Waals surface area contributed by atoms with Gasteiger partial charge in [-0.3, -0.25) is 4.98 Å². The maximum atomic E-state index is 4.66. The topological polar surface area (TPSA) is 32.3 Å². The van der Waals surface area contributed by atoms with Gasteiger partial charge in [0.05, 0.1) is 16.9 Å². The van der Waals surface area contributed by atoms with Gasteiger partial charge in [-0.15, -0.1) is 11.3 Å². The molecule has 4 nitrogen and oxygen atoms in total. The molecule has 2 aromatic heterocycles. The first kappa shape index (κ1) is 15.4. The standard InChI is InChI=1S/C19H22N4S/c1-14-12-20-17-7-4-3-6-16(17)18(14)22-8-5-9-23(11-10-22)19-21-15(2)13-24-19/h3-4,6-7,12-13H,5,8-11H2,1-2H3. The second-order valence-electron chi connectivity index (χ2n) is 6.41. The van der Waals surface area contributed by atoms with Crippen molar-refractivity contribution < 1.29 is 0 Å². The van der Waals surface area contributed by atoms with E-state index in [0.717, 1.165) is 48.9 Å². The lowest BCUT2D eigenvalue weighted by Crippen LogP contribution is -2.31. The Morgan fingerprint density at radius 1 is 1.00 bits per heavy atom. The van der Waals surface area contributed by atoms with Crippen LogP contribution >= 0.6 is 11.3 Å². The molecule has 3 aromatic rings. The molecule has 0 amide bonds. The summed E-state index contributed by atoms with van der Waals surface area (Å²) in [5.41, 5.74) is 4.80. The smallest absolute Gasteiger partial charge is 0.185 e. The van der Waals surface area contributed by atoms with E-state index in [-0.39, 0.29) is 0 Å². The van der Waals surface area contributed by atoms with Crippen molar-refractivity contribution in [1.82, 2.24) is 9.97 Å². The van der Waals surface area contributed by atoms with E-state index in [4.69, 9.17) is 0 Å². The summed E-state index contributed by atoms with van der Waals surface area (Å²) in [6.45, 7) is 8.43. The van der Waals surface area contributed by atoms with Crippen LogP contribution in [-0.2, 0) is 0 Å². The van der Waals surface area contributed by atoms with Gasteiger partial charge in [-0.25, -0.2) is 4.98 Å². The molecule has 0 spiro atoms. The summed E-state index contributed by atoms with van der Waals surface area (Å²) in [7, 11) is 0. The van der Waals surface area contributed by atoms with Crippen LogP contribution in [0.15, 0.2) is 35.8 Å². The van der Waals surface area contributed by atoms with Crippen molar-refractivity contribution >= 4 is 33.1 Å². The first-order valence-electron chi connectivity index (χ1n) is 8.49. The quantitative estimate of drug-likeness (QED) is 0.706. The van der Waals surface area contributed by atoms with Gasteiger partial charge in [0.2, 0.25) is 0 Å². The molecule has 3 heterocycles. The average molecular weight is 338 g/mol. The highest BCUT2D eigenvalue weighted by atomic mass is 32.1. The van der Waals surface area contributed by atoms with Gasteiger partial charge in [-0.2, -0.15) is 0 Å². The van der Waals surface area contributed by atoms with Crippen LogP contribution < -0.4 is 9.80 Å². The monoisotopic (exact) mass is 338 g/mol. The normalized spacial score (nSPS) is 15.8. The van der Waals surface area contributed by atoms with E-state index in [1.807, 2.05) is 6.20 Å². The lowest BCUT2D eigenvalue weighted by molar-refractivity contribution is 0.803. The number of benzene rings is 1. The van der Waals surface area contributed by atoms with Crippen molar-refractivity contribution in [2.75, 3.05) is 36.0 Å². The van der Waals surface area contributed by atoms with E-state index in [1.54, 1.807) is 11.3 Å². The van der Waals surface area contributed by atoms with Gasteiger partial charge in [0.15, 0.2) is 5.13 Å². The molecule has 0 bridgehead atoms. The lowest BCUT2D eigenvalue weighted by Gasteiger charge is -2.26. The van der Waals surface area contributed by atoms with E-state index in [1.165, 1.54) is 16.6 Å². The highest BCUT2D eigenvalue weighted by Gasteiger charge is 2.20. The summed E-state index contributed by atoms with van der Waals surface area (Å²) in [4.78, 5) is 14.2. The van der Waals surface area contributed by atoms with Crippen LogP contribution in [0.25, 0.3) is 10.9 Å². The number of rotatable bonds is 2. The molecule has 0 unspecified atom stereocenters. The Morgan fingerprint density at radius 3 is 2.62 bits per heavy atom. The maximum Gasteiger partial charge on any atom is 0.185 e. The van der Waals surface area contributed by atoms with Crippen LogP contribution in [-0.4, -0.2) is 36.1 Å². The van der Waals surface area contributed by atoms with Crippen LogP contribution in [0.4, 0.5) is 10.8 Å². The minimum atomic E-state index is 1.02. The SMILES string of the molecule is Cc1csc(N2CCCN(c3c(C)cnc4ccccc34)CC2)n1. The van der Waals surface area contributed by atoms with Gasteiger partial charge in [0, 0.05) is 43.1 Å². The molecule has 0 aliphatic carbocycles. The van der Waals surface area contributed by atoms with Crippen molar-refractivity contribution in [1.29, 1.82) is 0 Å². The van der Waals surface area contributed by atoms with Crippen LogP contribution in [0, 0.1) is 13.8 Å². The van der Waals surface area contributed by atoms with Gasteiger partial charge in [0.1, 0.15) is 0 Å². The molecule has 0 radical (unpaired) electrons. The average Bonchev–Trinajstić information content (AvgIpc) is 2.88. The van der Waals surface area contributed by atoms with Gasteiger partial charge in [-0.05, 0) is 31.9 Å². The number of thiazole rings is 1. The number of fused-ring (bicyclic) bond motifs is 1. The molecule has 0 saturated carbocycles. The predicted molar refractivity (Wildman–Crippen MR) is 102 cm³/mol. The molecule has 1 aliphatic rings. The minimum Gasteiger partial charge on any atom is -0.369 e. The number of nitrogens with zero attached hydrogens (tertiary/aromatic N) is 4. The highest BCUT2D eigenvalue weighted by Crippen LogP contribution is 2.30. The molecule has 0 N–H and O–H groups in total. The van der Waals surface area contributed by atoms with Gasteiger partial charge in [-0.1, -0.05) is 18.2 Å². The Hall–Kier alpha value is -2.14. The van der Waals surface area contributed by atoms with Crippen LogP contribution in [0.2, 0.25) is 0 Å². The maximum absolute atomic E-state index is 4.66. The Balaban J connectivity index is 1.63. The second-order valence-corrected chi connectivity index (χ2v) is 7.24. The number of hydrogen-bond donors (Lipinski definition) is 0. The number of pyridine rings is 1. The predicted octanol–water partition coefficient (Wildman–Crippen LogP) is 4.02. The van der Waals surface area contributed by atoms with Crippen LogP contribution in [0.5, 0.6) is 0 Å². The van der Waals surface area contributed by atoms with E-state index in [9.17, 15) is 0 Å². The fraction of sp³-hybridized carbons (Fsp3) is 0.368. The van der Waals surface area contributed by atoms with Crippen LogP contribution in [0.3, 0.4) is 0 Å². The van der Waals surface area contributed by atoms with Crippen molar-refractivity contribution in [2.24, 2.45) is 0 Å². The van der Waals surface area contributed by atoms with Crippen molar-refractivity contribution in [3.63, 3.8) is 0 Å². The van der Waals surface area contributed by atoms with Gasteiger partial charge >= 0.3 is 0 Å². The highest BCUT2D eigenvalue weighted by molar-refractivity contribution is 7.13. The van der Waals surface area contributed by atoms with Crippen molar-refractivity contribution in [3.8, 4) is 0 Å². The Labute approximate surface area is 146 Å². The first-order valence-corrected chi connectivity index (χ1v) is 9.37. The zero-order chi connectivity index (χ0) is 16.5. The largest absolute Gasteiger partial charge is 0.369 e. The first-order chi connectivity index (χ1) is 11.7. The Bertz CT molecular complexity index is 857. The molecule has 1 aliphatic heterocycles. The third-order valence-electron chi connectivity index (χ3n) is 4.62. The molecule has 4 rings (SSSR count). The lowest BCUT2D eigenvalue weighted by atomic mass is 10.1. The molecule has 24 heavy (non-hydrogen) atoms. The minimum absolute atomic E-state index is 1.02. The van der Waals surface area contributed by atoms with E-state index in [0.29, 0.717) is 0 Å². The number of aromatic nitrogens is 2. The van der Waals surface area contributed by atoms with E-state index < -0.39 is 0 Å². The molecular weight excluding hydrogens is 316 g/mol. The molecule has 124 valence electrons. The molecule has 0 atom stereocenters. The number of para-hydroxylation sites is 1.